The molecular formula is C21H29F3N2O2. The first kappa shape index (κ1) is 21.1. The van der Waals surface area contributed by atoms with Gasteiger partial charge in [-0.05, 0) is 49.9 Å². The van der Waals surface area contributed by atoms with Crippen LogP contribution in [0.1, 0.15) is 62.2 Å². The van der Waals surface area contributed by atoms with Crippen LogP contribution in [0, 0.1) is 5.92 Å². The van der Waals surface area contributed by atoms with Crippen LogP contribution < -0.4 is 5.32 Å². The lowest BCUT2D eigenvalue weighted by Gasteiger charge is -2.34. The second kappa shape index (κ2) is 9.27. The summed E-state index contributed by atoms with van der Waals surface area (Å²) in [5.41, 5.74) is -0.504. The lowest BCUT2D eigenvalue weighted by molar-refractivity contribution is -0.137. The summed E-state index contributed by atoms with van der Waals surface area (Å²) >= 11 is 0. The molecule has 3 rings (SSSR count). The van der Waals surface area contributed by atoms with Gasteiger partial charge in [-0.3, -0.25) is 9.69 Å². The number of aliphatic hydroxyl groups is 1. The Balaban J connectivity index is 1.55. The number of aliphatic hydroxyl groups excluding tert-OH is 1. The number of halogens is 3. The third-order valence-corrected chi connectivity index (χ3v) is 5.86. The molecule has 1 aromatic carbocycles. The van der Waals surface area contributed by atoms with Crippen LogP contribution in [0.5, 0.6) is 0 Å². The molecule has 1 aromatic rings. The molecule has 1 aliphatic carbocycles. The average Bonchev–Trinajstić information content (AvgIpc) is 2.68. The number of amides is 1. The summed E-state index contributed by atoms with van der Waals surface area (Å²) in [6, 6.07) is 5.10. The monoisotopic (exact) mass is 398 g/mol. The Morgan fingerprint density at radius 2 is 1.93 bits per heavy atom. The van der Waals surface area contributed by atoms with Gasteiger partial charge in [0.1, 0.15) is 0 Å². The van der Waals surface area contributed by atoms with E-state index in [0.717, 1.165) is 57.2 Å². The Kier molecular flexibility index (Phi) is 6.99. The smallest absolute Gasteiger partial charge is 0.387 e. The van der Waals surface area contributed by atoms with Crippen molar-refractivity contribution in [3.63, 3.8) is 0 Å². The number of alkyl halides is 3. The van der Waals surface area contributed by atoms with Crippen molar-refractivity contribution < 1.29 is 23.1 Å². The number of hydrogen-bond donors (Lipinski definition) is 2. The quantitative estimate of drug-likeness (QED) is 0.791. The van der Waals surface area contributed by atoms with E-state index in [1.807, 2.05) is 4.90 Å². The molecule has 2 unspecified atom stereocenters. The summed E-state index contributed by atoms with van der Waals surface area (Å²) < 4.78 is 38.7. The van der Waals surface area contributed by atoms with Gasteiger partial charge in [0.25, 0.3) is 0 Å². The predicted molar refractivity (Wildman–Crippen MR) is 101 cm³/mol. The summed E-state index contributed by atoms with van der Waals surface area (Å²) in [6.07, 6.45) is 1.85. The number of hydrogen-bond acceptors (Lipinski definition) is 3. The molecule has 7 heteroatoms. The van der Waals surface area contributed by atoms with Crippen LogP contribution in [0.25, 0.3) is 0 Å². The van der Waals surface area contributed by atoms with Gasteiger partial charge in [-0.1, -0.05) is 31.4 Å². The molecule has 2 aliphatic rings. The topological polar surface area (TPSA) is 52.6 Å². The molecule has 1 saturated carbocycles. The van der Waals surface area contributed by atoms with E-state index in [-0.39, 0.29) is 30.0 Å². The molecule has 0 bridgehead atoms. The number of nitrogens with zero attached hydrogens (tertiary/aromatic N) is 1. The standard InChI is InChI=1S/C21H29F3N2O2/c22-21(23,24)17-8-4-6-15(12-17)19(27)14-26-11-5-7-16(13-26)20(28)25-18-9-2-1-3-10-18/h4,6,8,12,16,18-19,27H,1-3,5,7,9-11,13-14H2,(H,25,28). The third kappa shape index (κ3) is 5.70. The van der Waals surface area contributed by atoms with Crippen molar-refractivity contribution in [2.45, 2.75) is 63.3 Å². The third-order valence-electron chi connectivity index (χ3n) is 5.86. The van der Waals surface area contributed by atoms with Crippen molar-refractivity contribution >= 4 is 5.91 Å². The minimum Gasteiger partial charge on any atom is -0.387 e. The zero-order chi connectivity index (χ0) is 20.1. The number of carbonyl (C=O) groups is 1. The molecule has 0 aromatic heterocycles. The first-order chi connectivity index (χ1) is 13.3. The fraction of sp³-hybridized carbons (Fsp3) is 0.667. The number of β-amino-alcohol motifs (C(OH)–C–C–N with tert-alkyl or cyclic N) is 1. The van der Waals surface area contributed by atoms with Crippen LogP contribution in [0.15, 0.2) is 24.3 Å². The molecule has 2 fully saturated rings. The Morgan fingerprint density at radius 3 is 2.64 bits per heavy atom. The fourth-order valence-electron chi connectivity index (χ4n) is 4.27. The molecule has 156 valence electrons. The van der Waals surface area contributed by atoms with Crippen LogP contribution >= 0.6 is 0 Å². The van der Waals surface area contributed by atoms with E-state index in [1.54, 1.807) is 0 Å². The van der Waals surface area contributed by atoms with Crippen LogP contribution in [0.2, 0.25) is 0 Å². The second-order valence-electron chi connectivity index (χ2n) is 8.08. The molecule has 0 spiro atoms. The zero-order valence-electron chi connectivity index (χ0n) is 16.0. The molecule has 2 N–H and O–H groups in total. The minimum atomic E-state index is -4.43. The van der Waals surface area contributed by atoms with Gasteiger partial charge in [0.15, 0.2) is 0 Å². The second-order valence-corrected chi connectivity index (χ2v) is 8.08. The summed E-state index contributed by atoms with van der Waals surface area (Å²) in [6.45, 7) is 1.51. The molecule has 1 saturated heterocycles. The van der Waals surface area contributed by atoms with Gasteiger partial charge in [0, 0.05) is 19.1 Å². The highest BCUT2D eigenvalue weighted by Crippen LogP contribution is 2.31. The molecule has 28 heavy (non-hydrogen) atoms. The maximum absolute atomic E-state index is 12.9. The number of nitrogens with one attached hydrogen (secondary N) is 1. The maximum atomic E-state index is 12.9. The molecule has 2 atom stereocenters. The van der Waals surface area contributed by atoms with E-state index in [2.05, 4.69) is 5.32 Å². The van der Waals surface area contributed by atoms with Crippen molar-refractivity contribution in [3.8, 4) is 0 Å². The Morgan fingerprint density at radius 1 is 1.18 bits per heavy atom. The number of piperidine rings is 1. The molecule has 0 radical (unpaired) electrons. The van der Waals surface area contributed by atoms with E-state index in [1.165, 1.54) is 18.6 Å². The summed E-state index contributed by atoms with van der Waals surface area (Å²) in [4.78, 5) is 14.6. The van der Waals surface area contributed by atoms with E-state index in [4.69, 9.17) is 0 Å². The lowest BCUT2D eigenvalue weighted by atomic mass is 9.92. The SMILES string of the molecule is O=C(NC1CCCCC1)C1CCCN(CC(O)c2cccc(C(F)(F)F)c2)C1. The van der Waals surface area contributed by atoms with Crippen LogP contribution in [0.4, 0.5) is 13.2 Å². The summed E-state index contributed by atoms with van der Waals surface area (Å²) in [5, 5.41) is 13.6. The highest BCUT2D eigenvalue weighted by atomic mass is 19.4. The Bertz CT molecular complexity index is 659. The zero-order valence-corrected chi connectivity index (χ0v) is 16.0. The van der Waals surface area contributed by atoms with Crippen molar-refractivity contribution in [3.05, 3.63) is 35.4 Å². The van der Waals surface area contributed by atoms with E-state index < -0.39 is 17.8 Å². The Hall–Kier alpha value is -1.60. The summed E-state index contributed by atoms with van der Waals surface area (Å²) in [5.74, 6) is -0.0467. The highest BCUT2D eigenvalue weighted by Gasteiger charge is 2.32. The van der Waals surface area contributed by atoms with Crippen molar-refractivity contribution in [2.24, 2.45) is 5.92 Å². The van der Waals surface area contributed by atoms with E-state index in [9.17, 15) is 23.1 Å². The van der Waals surface area contributed by atoms with Crippen LogP contribution in [0.3, 0.4) is 0 Å². The number of benzene rings is 1. The Labute approximate surface area is 164 Å². The predicted octanol–water partition coefficient (Wildman–Crippen LogP) is 3.90. The lowest BCUT2D eigenvalue weighted by Crippen LogP contribution is -2.47. The maximum Gasteiger partial charge on any atom is 0.416 e. The van der Waals surface area contributed by atoms with Crippen LogP contribution in [-0.2, 0) is 11.0 Å². The minimum absolute atomic E-state index is 0.0742. The van der Waals surface area contributed by atoms with Gasteiger partial charge in [-0.2, -0.15) is 13.2 Å². The van der Waals surface area contributed by atoms with E-state index >= 15 is 0 Å². The normalized spacial score (nSPS) is 23.4. The largest absolute Gasteiger partial charge is 0.416 e. The summed E-state index contributed by atoms with van der Waals surface area (Å²) in [7, 11) is 0. The van der Waals surface area contributed by atoms with Gasteiger partial charge < -0.3 is 10.4 Å². The van der Waals surface area contributed by atoms with Gasteiger partial charge in [0.2, 0.25) is 5.91 Å². The van der Waals surface area contributed by atoms with Gasteiger partial charge in [0.05, 0.1) is 17.6 Å². The number of carbonyl (C=O) groups excluding carboxylic acids is 1. The van der Waals surface area contributed by atoms with Gasteiger partial charge in [-0.25, -0.2) is 0 Å². The van der Waals surface area contributed by atoms with Crippen molar-refractivity contribution in [1.29, 1.82) is 0 Å². The van der Waals surface area contributed by atoms with Crippen molar-refractivity contribution in [2.75, 3.05) is 19.6 Å². The fourth-order valence-corrected chi connectivity index (χ4v) is 4.27. The first-order valence-corrected chi connectivity index (χ1v) is 10.2. The number of likely N-dealkylation sites (tertiary alicyclic amines) is 1. The highest BCUT2D eigenvalue weighted by molar-refractivity contribution is 5.79. The molecule has 1 heterocycles. The van der Waals surface area contributed by atoms with Gasteiger partial charge in [-0.15, -0.1) is 0 Å². The molecular weight excluding hydrogens is 369 g/mol. The number of rotatable bonds is 5. The molecule has 1 aliphatic heterocycles. The van der Waals surface area contributed by atoms with Crippen LogP contribution in [-0.4, -0.2) is 41.6 Å². The molecule has 4 nitrogen and oxygen atoms in total. The average molecular weight is 398 g/mol. The van der Waals surface area contributed by atoms with E-state index in [0.29, 0.717) is 6.54 Å². The van der Waals surface area contributed by atoms with Crippen molar-refractivity contribution in [1.82, 2.24) is 10.2 Å². The first-order valence-electron chi connectivity index (χ1n) is 10.2. The van der Waals surface area contributed by atoms with Gasteiger partial charge >= 0.3 is 6.18 Å². The molecule has 1 amide bonds.